The fourth-order valence-corrected chi connectivity index (χ4v) is 4.37. The number of anilines is 1. The van der Waals surface area contributed by atoms with Gasteiger partial charge in [-0.15, -0.1) is 0 Å². The zero-order valence-electron chi connectivity index (χ0n) is 14.4. The molecular weight excluding hydrogens is 306 g/mol. The fraction of sp³-hybridized carbons (Fsp3) is 0.304. The Hall–Kier alpha value is -2.32. The van der Waals surface area contributed by atoms with E-state index in [1.54, 1.807) is 0 Å². The highest BCUT2D eigenvalue weighted by molar-refractivity contribution is 5.88. The number of rotatable bonds is 3. The Morgan fingerprint density at radius 3 is 2.36 bits per heavy atom. The van der Waals surface area contributed by atoms with Crippen molar-refractivity contribution in [3.05, 3.63) is 77.9 Å². The van der Waals surface area contributed by atoms with Crippen molar-refractivity contribution in [2.24, 2.45) is 5.92 Å². The number of benzene rings is 3. The van der Waals surface area contributed by atoms with Gasteiger partial charge in [0.2, 0.25) is 0 Å². The van der Waals surface area contributed by atoms with E-state index in [0.717, 1.165) is 12.3 Å². The zero-order chi connectivity index (χ0) is 16.7. The quantitative estimate of drug-likeness (QED) is 0.668. The summed E-state index contributed by atoms with van der Waals surface area (Å²) in [4.78, 5) is 0. The Balaban J connectivity index is 1.72. The van der Waals surface area contributed by atoms with Crippen molar-refractivity contribution < 1.29 is 4.74 Å². The lowest BCUT2D eigenvalue weighted by Crippen LogP contribution is -2.40. The minimum atomic E-state index is -0.336. The average molecular weight is 329 g/mol. The van der Waals surface area contributed by atoms with E-state index in [0.29, 0.717) is 6.73 Å². The molecule has 0 amide bonds. The maximum Gasteiger partial charge on any atom is 0.123 e. The van der Waals surface area contributed by atoms with Gasteiger partial charge in [0.15, 0.2) is 0 Å². The molecule has 2 heteroatoms. The first-order chi connectivity index (χ1) is 12.4. The van der Waals surface area contributed by atoms with Crippen LogP contribution >= 0.6 is 0 Å². The Labute approximate surface area is 148 Å². The van der Waals surface area contributed by atoms with E-state index in [-0.39, 0.29) is 5.60 Å². The zero-order valence-corrected chi connectivity index (χ0v) is 14.4. The Morgan fingerprint density at radius 1 is 0.920 bits per heavy atom. The predicted molar refractivity (Wildman–Crippen MR) is 103 cm³/mol. The first-order valence-electron chi connectivity index (χ1n) is 9.32. The van der Waals surface area contributed by atoms with Crippen LogP contribution in [-0.2, 0) is 10.3 Å². The molecule has 0 aromatic heterocycles. The standard InChI is InChI=1S/C23H23NO/c1-2-11-20(12-3-1)23(15-17-7-6-8-17)21-13-18-9-4-5-10-19(18)14-22(21)24-16-25-23/h1-5,9-14,17,24H,6-8,15-16H2. The van der Waals surface area contributed by atoms with Crippen LogP contribution in [0, 0.1) is 5.92 Å². The molecule has 1 N–H and O–H groups in total. The molecule has 0 radical (unpaired) electrons. The molecule has 0 spiro atoms. The average Bonchev–Trinajstić information content (AvgIpc) is 2.64. The van der Waals surface area contributed by atoms with Crippen LogP contribution in [0.15, 0.2) is 66.7 Å². The summed E-state index contributed by atoms with van der Waals surface area (Å²) >= 11 is 0. The van der Waals surface area contributed by atoms with Crippen LogP contribution in [0.4, 0.5) is 5.69 Å². The number of nitrogens with one attached hydrogen (secondary N) is 1. The van der Waals surface area contributed by atoms with Crippen LogP contribution in [0.5, 0.6) is 0 Å². The summed E-state index contributed by atoms with van der Waals surface area (Å²) in [6.07, 6.45) is 5.09. The maximum atomic E-state index is 6.52. The first-order valence-corrected chi connectivity index (χ1v) is 9.32. The van der Waals surface area contributed by atoms with E-state index in [9.17, 15) is 0 Å². The van der Waals surface area contributed by atoms with Crippen molar-refractivity contribution in [1.29, 1.82) is 0 Å². The van der Waals surface area contributed by atoms with Gasteiger partial charge in [-0.05, 0) is 40.8 Å². The number of ether oxygens (including phenoxy) is 1. The molecule has 126 valence electrons. The van der Waals surface area contributed by atoms with Crippen molar-refractivity contribution in [3.8, 4) is 0 Å². The molecule has 1 fully saturated rings. The van der Waals surface area contributed by atoms with Crippen molar-refractivity contribution in [3.63, 3.8) is 0 Å². The van der Waals surface area contributed by atoms with Crippen LogP contribution < -0.4 is 5.32 Å². The Morgan fingerprint density at radius 2 is 1.64 bits per heavy atom. The van der Waals surface area contributed by atoms with E-state index in [4.69, 9.17) is 4.74 Å². The topological polar surface area (TPSA) is 21.3 Å². The van der Waals surface area contributed by atoms with Crippen molar-refractivity contribution in [1.82, 2.24) is 0 Å². The van der Waals surface area contributed by atoms with Gasteiger partial charge in [-0.25, -0.2) is 0 Å². The molecular formula is C23H23NO. The molecule has 1 aliphatic heterocycles. The summed E-state index contributed by atoms with van der Waals surface area (Å²) < 4.78 is 6.52. The van der Waals surface area contributed by atoms with Crippen LogP contribution in [0.1, 0.15) is 36.8 Å². The summed E-state index contributed by atoms with van der Waals surface area (Å²) in [6.45, 7) is 0.562. The van der Waals surface area contributed by atoms with E-state index in [1.807, 2.05) is 0 Å². The fourth-order valence-electron chi connectivity index (χ4n) is 4.37. The van der Waals surface area contributed by atoms with Gasteiger partial charge in [0.1, 0.15) is 12.3 Å². The number of fused-ring (bicyclic) bond motifs is 2. The minimum absolute atomic E-state index is 0.336. The molecule has 1 saturated carbocycles. The number of hydrogen-bond donors (Lipinski definition) is 1. The van der Waals surface area contributed by atoms with Gasteiger partial charge in [-0.3, -0.25) is 0 Å². The van der Waals surface area contributed by atoms with Gasteiger partial charge < -0.3 is 10.1 Å². The van der Waals surface area contributed by atoms with Crippen LogP contribution in [0.25, 0.3) is 10.8 Å². The van der Waals surface area contributed by atoms with Crippen molar-refractivity contribution in [2.75, 3.05) is 12.0 Å². The molecule has 5 rings (SSSR count). The monoisotopic (exact) mass is 329 g/mol. The summed E-state index contributed by atoms with van der Waals surface area (Å²) in [5.74, 6) is 0.762. The highest BCUT2D eigenvalue weighted by Gasteiger charge is 2.42. The molecule has 2 nitrogen and oxygen atoms in total. The molecule has 2 aliphatic rings. The third-order valence-corrected chi connectivity index (χ3v) is 5.94. The van der Waals surface area contributed by atoms with Gasteiger partial charge in [0, 0.05) is 11.3 Å². The third kappa shape index (κ3) is 2.44. The molecule has 1 atom stereocenters. The van der Waals surface area contributed by atoms with Gasteiger partial charge in [-0.2, -0.15) is 0 Å². The Kier molecular flexibility index (Phi) is 3.53. The van der Waals surface area contributed by atoms with E-state index in [1.165, 1.54) is 46.8 Å². The van der Waals surface area contributed by atoms with Crippen LogP contribution in [-0.4, -0.2) is 6.73 Å². The second-order valence-electron chi connectivity index (χ2n) is 7.40. The summed E-state index contributed by atoms with van der Waals surface area (Å²) in [5, 5.41) is 6.03. The lowest BCUT2D eigenvalue weighted by Gasteiger charge is -2.44. The highest BCUT2D eigenvalue weighted by atomic mass is 16.5. The molecule has 1 unspecified atom stereocenters. The smallest absolute Gasteiger partial charge is 0.123 e. The van der Waals surface area contributed by atoms with Gasteiger partial charge in [0.25, 0.3) is 0 Å². The molecule has 3 aromatic carbocycles. The number of hydrogen-bond acceptors (Lipinski definition) is 2. The van der Waals surface area contributed by atoms with E-state index in [2.05, 4.69) is 72.0 Å². The lowest BCUT2D eigenvalue weighted by atomic mass is 9.71. The van der Waals surface area contributed by atoms with Crippen LogP contribution in [0.2, 0.25) is 0 Å². The van der Waals surface area contributed by atoms with E-state index >= 15 is 0 Å². The maximum absolute atomic E-state index is 6.52. The van der Waals surface area contributed by atoms with Gasteiger partial charge in [-0.1, -0.05) is 73.9 Å². The SMILES string of the molecule is c1ccc(C2(CC3CCC3)OCNc3cc4ccccc4cc32)cc1. The molecule has 0 saturated heterocycles. The van der Waals surface area contributed by atoms with Crippen molar-refractivity contribution in [2.45, 2.75) is 31.3 Å². The highest BCUT2D eigenvalue weighted by Crippen LogP contribution is 2.49. The second-order valence-corrected chi connectivity index (χ2v) is 7.40. The van der Waals surface area contributed by atoms with E-state index < -0.39 is 0 Å². The summed E-state index contributed by atoms with van der Waals surface area (Å²) in [5.41, 5.74) is 3.44. The third-order valence-electron chi connectivity index (χ3n) is 5.94. The van der Waals surface area contributed by atoms with Gasteiger partial charge in [0.05, 0.1) is 0 Å². The molecule has 0 bridgehead atoms. The normalized spacial score (nSPS) is 22.9. The molecule has 3 aromatic rings. The molecule has 1 heterocycles. The van der Waals surface area contributed by atoms with Crippen molar-refractivity contribution >= 4 is 16.5 Å². The Bertz CT molecular complexity index is 900. The van der Waals surface area contributed by atoms with Crippen LogP contribution in [0.3, 0.4) is 0 Å². The predicted octanol–water partition coefficient (Wildman–Crippen LogP) is 5.67. The second kappa shape index (κ2) is 5.89. The summed E-state index contributed by atoms with van der Waals surface area (Å²) in [7, 11) is 0. The minimum Gasteiger partial charge on any atom is -0.362 e. The lowest BCUT2D eigenvalue weighted by molar-refractivity contribution is -0.0405. The first kappa shape index (κ1) is 15.0. The van der Waals surface area contributed by atoms with Gasteiger partial charge >= 0.3 is 0 Å². The largest absolute Gasteiger partial charge is 0.362 e. The molecule has 25 heavy (non-hydrogen) atoms. The molecule has 1 aliphatic carbocycles. The summed E-state index contributed by atoms with van der Waals surface area (Å²) in [6, 6.07) is 24.0.